The molecular weight excluding hydrogens is 229 g/mol. The summed E-state index contributed by atoms with van der Waals surface area (Å²) in [5.74, 6) is -3.69. The van der Waals surface area contributed by atoms with Crippen molar-refractivity contribution in [3.05, 3.63) is 35.1 Å². The Kier molecular flexibility index (Phi) is 5.44. The Morgan fingerprint density at radius 3 is 2.29 bits per heavy atom. The minimum Gasteiger partial charge on any atom is -0.316 e. The van der Waals surface area contributed by atoms with E-state index in [2.05, 4.69) is 5.32 Å². The molecule has 0 saturated heterocycles. The zero-order valence-electron chi connectivity index (χ0n) is 10.1. The largest absolute Gasteiger partial charge is 0.316 e. The van der Waals surface area contributed by atoms with Gasteiger partial charge in [0.05, 0.1) is 0 Å². The van der Waals surface area contributed by atoms with Gasteiger partial charge >= 0.3 is 0 Å². The first-order valence-electron chi connectivity index (χ1n) is 5.57. The lowest BCUT2D eigenvalue weighted by Gasteiger charge is -2.17. The minimum absolute atomic E-state index is 0.388. The van der Waals surface area contributed by atoms with Gasteiger partial charge in [-0.15, -0.1) is 0 Å². The molecule has 96 valence electrons. The Morgan fingerprint density at radius 2 is 1.76 bits per heavy atom. The van der Waals surface area contributed by atoms with E-state index in [0.717, 1.165) is 31.8 Å². The minimum atomic E-state index is -1.41. The maximum atomic E-state index is 13.0. The van der Waals surface area contributed by atoms with Crippen molar-refractivity contribution in [2.24, 2.45) is 0 Å². The zero-order chi connectivity index (χ0) is 12.8. The van der Waals surface area contributed by atoms with E-state index in [9.17, 15) is 13.2 Å². The van der Waals surface area contributed by atoms with Gasteiger partial charge in [0.1, 0.15) is 0 Å². The molecule has 0 aliphatic heterocycles. The first-order valence-corrected chi connectivity index (χ1v) is 5.57. The maximum absolute atomic E-state index is 13.0. The van der Waals surface area contributed by atoms with Gasteiger partial charge in [0.15, 0.2) is 17.5 Å². The van der Waals surface area contributed by atoms with Crippen LogP contribution < -0.4 is 5.32 Å². The summed E-state index contributed by atoms with van der Waals surface area (Å²) >= 11 is 0. The summed E-state index contributed by atoms with van der Waals surface area (Å²) in [7, 11) is 1.84. The molecular formula is C12H17F3N2. The molecule has 0 unspecified atom stereocenters. The van der Waals surface area contributed by atoms with Crippen LogP contribution in [0.2, 0.25) is 0 Å². The van der Waals surface area contributed by atoms with Gasteiger partial charge in [-0.3, -0.25) is 0 Å². The number of nitrogens with one attached hydrogen (secondary N) is 1. The fourth-order valence-electron chi connectivity index (χ4n) is 1.54. The smallest absolute Gasteiger partial charge is 0.194 e. The SMILES string of the molecule is CCNCCN(C)Cc1cc(F)c(F)c(F)c1. The van der Waals surface area contributed by atoms with Crippen LogP contribution in [0.4, 0.5) is 13.2 Å². The summed E-state index contributed by atoms with van der Waals surface area (Å²) in [4.78, 5) is 1.91. The standard InChI is InChI=1S/C12H17F3N2/c1-3-16-4-5-17(2)8-9-6-10(13)12(15)11(14)7-9/h6-7,16H,3-5,8H2,1-2H3. The van der Waals surface area contributed by atoms with E-state index in [1.165, 1.54) is 0 Å². The van der Waals surface area contributed by atoms with Gasteiger partial charge in [-0.25, -0.2) is 13.2 Å². The third-order valence-corrected chi connectivity index (χ3v) is 2.42. The van der Waals surface area contributed by atoms with Crippen LogP contribution in [0.15, 0.2) is 12.1 Å². The number of likely N-dealkylation sites (N-methyl/N-ethyl adjacent to an activating group) is 2. The molecule has 0 bridgehead atoms. The molecule has 1 N–H and O–H groups in total. The molecule has 0 aliphatic rings. The van der Waals surface area contributed by atoms with E-state index in [0.29, 0.717) is 12.1 Å². The molecule has 0 atom stereocenters. The van der Waals surface area contributed by atoms with Crippen molar-refractivity contribution >= 4 is 0 Å². The van der Waals surface area contributed by atoms with Gasteiger partial charge in [-0.1, -0.05) is 6.92 Å². The molecule has 0 spiro atoms. The van der Waals surface area contributed by atoms with E-state index in [-0.39, 0.29) is 0 Å². The van der Waals surface area contributed by atoms with E-state index >= 15 is 0 Å². The van der Waals surface area contributed by atoms with Crippen molar-refractivity contribution in [2.45, 2.75) is 13.5 Å². The molecule has 2 nitrogen and oxygen atoms in total. The lowest BCUT2D eigenvalue weighted by atomic mass is 10.2. The molecule has 0 saturated carbocycles. The normalized spacial score (nSPS) is 11.2. The van der Waals surface area contributed by atoms with E-state index < -0.39 is 17.5 Å². The van der Waals surface area contributed by atoms with E-state index in [1.807, 2.05) is 18.9 Å². The topological polar surface area (TPSA) is 15.3 Å². The maximum Gasteiger partial charge on any atom is 0.194 e. The van der Waals surface area contributed by atoms with Gasteiger partial charge in [0.2, 0.25) is 0 Å². The van der Waals surface area contributed by atoms with Gasteiger partial charge in [-0.2, -0.15) is 0 Å². The molecule has 0 fully saturated rings. The van der Waals surface area contributed by atoms with Gasteiger partial charge in [-0.05, 0) is 31.3 Å². The van der Waals surface area contributed by atoms with Crippen molar-refractivity contribution in [3.63, 3.8) is 0 Å². The summed E-state index contributed by atoms with van der Waals surface area (Å²) in [6.07, 6.45) is 0. The van der Waals surface area contributed by atoms with Gasteiger partial charge < -0.3 is 10.2 Å². The molecule has 1 aromatic carbocycles. The molecule has 0 heterocycles. The first kappa shape index (κ1) is 14.0. The van der Waals surface area contributed by atoms with Crippen LogP contribution in [-0.2, 0) is 6.54 Å². The average Bonchev–Trinajstić information content (AvgIpc) is 2.26. The molecule has 1 rings (SSSR count). The summed E-state index contributed by atoms with van der Waals surface area (Å²) in [5, 5.41) is 3.15. The van der Waals surface area contributed by atoms with Crippen LogP contribution in [0.5, 0.6) is 0 Å². The third kappa shape index (κ3) is 4.36. The lowest BCUT2D eigenvalue weighted by molar-refractivity contribution is 0.323. The van der Waals surface area contributed by atoms with Crippen LogP contribution >= 0.6 is 0 Å². The zero-order valence-corrected chi connectivity index (χ0v) is 10.1. The molecule has 0 aliphatic carbocycles. The Labute approximate surface area is 99.4 Å². The molecule has 0 aromatic heterocycles. The Morgan fingerprint density at radius 1 is 1.18 bits per heavy atom. The van der Waals surface area contributed by atoms with Crippen molar-refractivity contribution in [2.75, 3.05) is 26.7 Å². The van der Waals surface area contributed by atoms with Gasteiger partial charge in [0, 0.05) is 19.6 Å². The third-order valence-electron chi connectivity index (χ3n) is 2.42. The van der Waals surface area contributed by atoms with Crippen molar-refractivity contribution < 1.29 is 13.2 Å². The summed E-state index contributed by atoms with van der Waals surface area (Å²) in [6.45, 7) is 4.84. The van der Waals surface area contributed by atoms with Crippen molar-refractivity contribution in [1.29, 1.82) is 0 Å². The number of halogens is 3. The number of hydrogen-bond acceptors (Lipinski definition) is 2. The molecule has 0 amide bonds. The second-order valence-electron chi connectivity index (χ2n) is 3.96. The lowest BCUT2D eigenvalue weighted by Crippen LogP contribution is -2.28. The predicted molar refractivity (Wildman–Crippen MR) is 61.2 cm³/mol. The average molecular weight is 246 g/mol. The fraction of sp³-hybridized carbons (Fsp3) is 0.500. The molecule has 0 radical (unpaired) electrons. The number of nitrogens with zero attached hydrogens (tertiary/aromatic N) is 1. The van der Waals surface area contributed by atoms with Crippen molar-refractivity contribution in [3.8, 4) is 0 Å². The molecule has 17 heavy (non-hydrogen) atoms. The molecule has 1 aromatic rings. The van der Waals surface area contributed by atoms with Crippen LogP contribution in [0.3, 0.4) is 0 Å². The highest BCUT2D eigenvalue weighted by atomic mass is 19.2. The first-order chi connectivity index (χ1) is 8.04. The van der Waals surface area contributed by atoms with Crippen LogP contribution in [0, 0.1) is 17.5 Å². The van der Waals surface area contributed by atoms with Gasteiger partial charge in [0.25, 0.3) is 0 Å². The summed E-state index contributed by atoms with van der Waals surface area (Å²) in [6, 6.07) is 2.06. The second-order valence-corrected chi connectivity index (χ2v) is 3.96. The highest BCUT2D eigenvalue weighted by Gasteiger charge is 2.11. The highest BCUT2D eigenvalue weighted by molar-refractivity contribution is 5.19. The fourth-order valence-corrected chi connectivity index (χ4v) is 1.54. The monoisotopic (exact) mass is 246 g/mol. The number of hydrogen-bond donors (Lipinski definition) is 1. The van der Waals surface area contributed by atoms with E-state index in [4.69, 9.17) is 0 Å². The number of rotatable bonds is 6. The van der Waals surface area contributed by atoms with E-state index in [1.54, 1.807) is 0 Å². The summed E-state index contributed by atoms with van der Waals surface area (Å²) in [5.41, 5.74) is 0.431. The van der Waals surface area contributed by atoms with Crippen LogP contribution in [-0.4, -0.2) is 31.6 Å². The highest BCUT2D eigenvalue weighted by Crippen LogP contribution is 2.14. The second kappa shape index (κ2) is 6.61. The Hall–Kier alpha value is -1.07. The summed E-state index contributed by atoms with van der Waals surface area (Å²) < 4.78 is 38.6. The van der Waals surface area contributed by atoms with Crippen LogP contribution in [0.1, 0.15) is 12.5 Å². The molecule has 5 heteroatoms. The quantitative estimate of drug-likeness (QED) is 0.611. The number of benzene rings is 1. The van der Waals surface area contributed by atoms with Crippen LogP contribution in [0.25, 0.3) is 0 Å². The predicted octanol–water partition coefficient (Wildman–Crippen LogP) is 2.15. The Balaban J connectivity index is 2.56. The van der Waals surface area contributed by atoms with Crippen molar-refractivity contribution in [1.82, 2.24) is 10.2 Å². The Bertz CT molecular complexity index is 346.